The molecule has 7 nitrogen and oxygen atoms in total. The van der Waals surface area contributed by atoms with Crippen molar-refractivity contribution in [3.63, 3.8) is 0 Å². The summed E-state index contributed by atoms with van der Waals surface area (Å²) >= 11 is 0. The van der Waals surface area contributed by atoms with Crippen LogP contribution in [0.5, 0.6) is 0 Å². The number of nitrogens with zero attached hydrogens (tertiary/aromatic N) is 2. The minimum Gasteiger partial charge on any atom is -0.327 e. The molecule has 2 saturated carbocycles. The quantitative estimate of drug-likeness (QED) is 0.789. The van der Waals surface area contributed by atoms with Crippen molar-refractivity contribution in [2.45, 2.75) is 51.6 Å². The van der Waals surface area contributed by atoms with Crippen LogP contribution in [0.3, 0.4) is 0 Å². The summed E-state index contributed by atoms with van der Waals surface area (Å²) in [5, 5.41) is 7.15. The molecule has 0 spiro atoms. The molecule has 1 amide bonds. The lowest BCUT2D eigenvalue weighted by Crippen LogP contribution is -2.48. The minimum absolute atomic E-state index is 0.000666. The van der Waals surface area contributed by atoms with Crippen molar-refractivity contribution < 1.29 is 13.2 Å². The van der Waals surface area contributed by atoms with E-state index in [4.69, 9.17) is 5.73 Å². The number of aromatic nitrogens is 2. The lowest BCUT2D eigenvalue weighted by Gasteiger charge is -2.43. The fraction of sp³-hybridized carbons (Fsp3) is 0.765. The van der Waals surface area contributed by atoms with Crippen LogP contribution in [0.4, 0.5) is 5.82 Å². The SMILES string of the molecule is CCS(=O)(=O)CCn1ccc(NC(=O)C2CC3CCCC(C2)C3N)n1. The molecule has 140 valence electrons. The fourth-order valence-corrected chi connectivity index (χ4v) is 4.92. The molecule has 8 heteroatoms. The summed E-state index contributed by atoms with van der Waals surface area (Å²) in [6.45, 7) is 1.93. The van der Waals surface area contributed by atoms with Crippen molar-refractivity contribution in [1.29, 1.82) is 0 Å². The van der Waals surface area contributed by atoms with Crippen molar-refractivity contribution in [1.82, 2.24) is 9.78 Å². The molecule has 0 radical (unpaired) electrons. The summed E-state index contributed by atoms with van der Waals surface area (Å²) in [6, 6.07) is 1.96. The molecule has 2 fully saturated rings. The van der Waals surface area contributed by atoms with Crippen LogP contribution in [0.1, 0.15) is 39.0 Å². The predicted octanol–water partition coefficient (Wildman–Crippen LogP) is 1.41. The van der Waals surface area contributed by atoms with Gasteiger partial charge in [0, 0.05) is 30.0 Å². The van der Waals surface area contributed by atoms with Gasteiger partial charge < -0.3 is 11.1 Å². The van der Waals surface area contributed by atoms with Gasteiger partial charge in [-0.05, 0) is 37.5 Å². The molecule has 2 atom stereocenters. The van der Waals surface area contributed by atoms with Gasteiger partial charge in [-0.15, -0.1) is 0 Å². The normalized spacial score (nSPS) is 29.4. The van der Waals surface area contributed by atoms with E-state index in [0.29, 0.717) is 24.2 Å². The highest BCUT2D eigenvalue weighted by Crippen LogP contribution is 2.42. The van der Waals surface area contributed by atoms with Gasteiger partial charge >= 0.3 is 0 Å². The van der Waals surface area contributed by atoms with Gasteiger partial charge in [0.1, 0.15) is 0 Å². The summed E-state index contributed by atoms with van der Waals surface area (Å²) in [4.78, 5) is 12.6. The number of carbonyl (C=O) groups is 1. The highest BCUT2D eigenvalue weighted by molar-refractivity contribution is 7.91. The van der Waals surface area contributed by atoms with E-state index < -0.39 is 9.84 Å². The topological polar surface area (TPSA) is 107 Å². The Bertz CT molecular complexity index is 701. The Morgan fingerprint density at radius 3 is 2.68 bits per heavy atom. The van der Waals surface area contributed by atoms with E-state index in [1.807, 2.05) is 0 Å². The van der Waals surface area contributed by atoms with Gasteiger partial charge in [0.05, 0.1) is 12.3 Å². The zero-order valence-corrected chi connectivity index (χ0v) is 15.5. The standard InChI is InChI=1S/C17H28N4O3S/c1-2-25(23,24)9-8-21-7-6-15(20-21)19-17(22)14-10-12-4-3-5-13(11-14)16(12)18/h6-7,12-14,16H,2-5,8-11,18H2,1H3,(H,19,20,22). The molecule has 25 heavy (non-hydrogen) atoms. The van der Waals surface area contributed by atoms with Gasteiger partial charge in [-0.1, -0.05) is 13.3 Å². The maximum Gasteiger partial charge on any atom is 0.228 e. The average Bonchev–Trinajstić information content (AvgIpc) is 3.00. The molecule has 0 saturated heterocycles. The number of aryl methyl sites for hydroxylation is 1. The molecule has 2 bridgehead atoms. The Morgan fingerprint density at radius 1 is 1.36 bits per heavy atom. The zero-order chi connectivity index (χ0) is 18.0. The van der Waals surface area contributed by atoms with Crippen molar-refractivity contribution in [2.24, 2.45) is 23.5 Å². The molecule has 0 aromatic carbocycles. The van der Waals surface area contributed by atoms with Gasteiger partial charge in [-0.3, -0.25) is 9.48 Å². The van der Waals surface area contributed by atoms with Gasteiger partial charge in [-0.25, -0.2) is 8.42 Å². The smallest absolute Gasteiger partial charge is 0.228 e. The van der Waals surface area contributed by atoms with Crippen LogP contribution in [0.15, 0.2) is 12.3 Å². The molecule has 1 aromatic heterocycles. The Labute approximate surface area is 149 Å². The molecule has 3 rings (SSSR count). The Morgan fingerprint density at radius 2 is 2.04 bits per heavy atom. The summed E-state index contributed by atoms with van der Waals surface area (Å²) in [5.74, 6) is 1.60. The number of nitrogens with one attached hydrogen (secondary N) is 1. The second-order valence-corrected chi connectivity index (χ2v) is 9.86. The van der Waals surface area contributed by atoms with Crippen LogP contribution in [0.25, 0.3) is 0 Å². The number of amides is 1. The van der Waals surface area contributed by atoms with Crippen molar-refractivity contribution in [3.05, 3.63) is 12.3 Å². The summed E-state index contributed by atoms with van der Waals surface area (Å²) in [6.07, 6.45) is 6.90. The van der Waals surface area contributed by atoms with Crippen molar-refractivity contribution in [3.8, 4) is 0 Å². The minimum atomic E-state index is -3.02. The first-order chi connectivity index (χ1) is 11.9. The first kappa shape index (κ1) is 18.4. The lowest BCUT2D eigenvalue weighted by atomic mass is 9.65. The molecule has 2 aliphatic rings. The van der Waals surface area contributed by atoms with Crippen LogP contribution >= 0.6 is 0 Å². The number of carbonyl (C=O) groups excluding carboxylic acids is 1. The molecule has 3 N–H and O–H groups in total. The second kappa shape index (κ2) is 7.45. The van der Waals surface area contributed by atoms with Gasteiger partial charge in [0.15, 0.2) is 15.7 Å². The summed E-state index contributed by atoms with van der Waals surface area (Å²) < 4.78 is 24.7. The van der Waals surface area contributed by atoms with Crippen LogP contribution in [-0.2, 0) is 21.2 Å². The number of nitrogens with two attached hydrogens (primary N) is 1. The average molecular weight is 369 g/mol. The molecule has 1 aromatic rings. The fourth-order valence-electron chi connectivity index (χ4n) is 4.16. The van der Waals surface area contributed by atoms with Crippen LogP contribution in [0.2, 0.25) is 0 Å². The van der Waals surface area contributed by atoms with Gasteiger partial charge in [0.2, 0.25) is 5.91 Å². The number of rotatable bonds is 6. The number of hydrogen-bond acceptors (Lipinski definition) is 5. The molecule has 2 unspecified atom stereocenters. The Kier molecular flexibility index (Phi) is 5.48. The third kappa shape index (κ3) is 4.41. The van der Waals surface area contributed by atoms with Crippen LogP contribution in [0, 0.1) is 17.8 Å². The Balaban J connectivity index is 1.55. The highest BCUT2D eigenvalue weighted by Gasteiger charge is 2.40. The third-order valence-corrected chi connectivity index (χ3v) is 7.43. The van der Waals surface area contributed by atoms with Crippen LogP contribution in [-0.4, -0.2) is 41.7 Å². The van der Waals surface area contributed by atoms with Gasteiger partial charge in [-0.2, -0.15) is 5.10 Å². The van der Waals surface area contributed by atoms with E-state index in [2.05, 4.69) is 10.4 Å². The predicted molar refractivity (Wildman–Crippen MR) is 96.7 cm³/mol. The summed E-state index contributed by atoms with van der Waals surface area (Å²) in [5.41, 5.74) is 6.29. The van der Waals surface area contributed by atoms with E-state index >= 15 is 0 Å². The van der Waals surface area contributed by atoms with Crippen LogP contribution < -0.4 is 11.1 Å². The molecular weight excluding hydrogens is 340 g/mol. The monoisotopic (exact) mass is 368 g/mol. The number of fused-ring (bicyclic) bond motifs is 2. The largest absolute Gasteiger partial charge is 0.327 e. The molecule has 0 aliphatic heterocycles. The number of sulfone groups is 1. The number of anilines is 1. The van der Waals surface area contributed by atoms with E-state index in [9.17, 15) is 13.2 Å². The lowest BCUT2D eigenvalue weighted by molar-refractivity contribution is -0.122. The molecule has 2 aliphatic carbocycles. The Hall–Kier alpha value is -1.41. The van der Waals surface area contributed by atoms with E-state index in [0.717, 1.165) is 25.7 Å². The number of hydrogen-bond donors (Lipinski definition) is 2. The first-order valence-electron chi connectivity index (χ1n) is 9.18. The van der Waals surface area contributed by atoms with E-state index in [1.54, 1.807) is 23.9 Å². The second-order valence-electron chi connectivity index (χ2n) is 7.39. The maximum atomic E-state index is 12.6. The van der Waals surface area contributed by atoms with Crippen molar-refractivity contribution in [2.75, 3.05) is 16.8 Å². The molecule has 1 heterocycles. The van der Waals surface area contributed by atoms with E-state index in [-0.39, 0.29) is 29.4 Å². The highest BCUT2D eigenvalue weighted by atomic mass is 32.2. The molecular formula is C17H28N4O3S. The zero-order valence-electron chi connectivity index (χ0n) is 14.7. The van der Waals surface area contributed by atoms with Gasteiger partial charge in [0.25, 0.3) is 0 Å². The maximum absolute atomic E-state index is 12.6. The summed E-state index contributed by atoms with van der Waals surface area (Å²) in [7, 11) is -3.02. The first-order valence-corrected chi connectivity index (χ1v) is 11.0. The third-order valence-electron chi connectivity index (χ3n) is 5.75. The van der Waals surface area contributed by atoms with Crippen molar-refractivity contribution >= 4 is 21.6 Å². The van der Waals surface area contributed by atoms with E-state index in [1.165, 1.54) is 6.42 Å².